The molecule has 0 spiro atoms. The Kier molecular flexibility index (Phi) is 5.02. The molecule has 0 aliphatic carbocycles. The van der Waals surface area contributed by atoms with E-state index in [-0.39, 0.29) is 11.6 Å². The van der Waals surface area contributed by atoms with Crippen LogP contribution >= 0.6 is 11.6 Å². The summed E-state index contributed by atoms with van der Waals surface area (Å²) in [6, 6.07) is 11.5. The largest absolute Gasteiger partial charge is 0.478 e. The van der Waals surface area contributed by atoms with Gasteiger partial charge >= 0.3 is 5.97 Å². The molecule has 1 heterocycles. The van der Waals surface area contributed by atoms with Crippen LogP contribution in [0.25, 0.3) is 0 Å². The molecule has 1 atom stereocenters. The smallest absolute Gasteiger partial charge is 0.338 e. The molecule has 2 aromatic rings. The van der Waals surface area contributed by atoms with E-state index in [0.29, 0.717) is 30.5 Å². The highest BCUT2D eigenvalue weighted by Crippen LogP contribution is 2.33. The number of hydrogen-bond acceptors (Lipinski definition) is 3. The molecule has 0 saturated carbocycles. The predicted octanol–water partition coefficient (Wildman–Crippen LogP) is 4.15. The standard InChI is InChI=1S/C18H17ClFNO3/c19-15-5-2-1-4-13(15)17-11-24-9-3-8-21(17)12-6-7-14(18(22)23)16(20)10-12/h1-2,4-7,10,17H,3,8-9,11H2,(H,22,23). The van der Waals surface area contributed by atoms with E-state index in [4.69, 9.17) is 21.4 Å². The Balaban J connectivity index is 2.00. The molecule has 1 fully saturated rings. The Morgan fingerprint density at radius 1 is 1.29 bits per heavy atom. The molecule has 1 N–H and O–H groups in total. The van der Waals surface area contributed by atoms with Gasteiger partial charge in [-0.25, -0.2) is 9.18 Å². The van der Waals surface area contributed by atoms with Gasteiger partial charge in [-0.05, 0) is 36.2 Å². The van der Waals surface area contributed by atoms with E-state index in [2.05, 4.69) is 0 Å². The maximum atomic E-state index is 14.1. The molecule has 1 aliphatic rings. The van der Waals surface area contributed by atoms with Gasteiger partial charge in [0.15, 0.2) is 0 Å². The van der Waals surface area contributed by atoms with Crippen LogP contribution in [0.4, 0.5) is 10.1 Å². The number of hydrogen-bond donors (Lipinski definition) is 1. The van der Waals surface area contributed by atoms with Crippen LogP contribution in [0.5, 0.6) is 0 Å². The first-order valence-electron chi connectivity index (χ1n) is 7.69. The van der Waals surface area contributed by atoms with Gasteiger partial charge in [0.05, 0.1) is 18.2 Å². The average molecular weight is 350 g/mol. The number of carboxylic acids is 1. The minimum atomic E-state index is -1.28. The molecule has 126 valence electrons. The molecule has 4 nitrogen and oxygen atoms in total. The fourth-order valence-corrected chi connectivity index (χ4v) is 3.21. The van der Waals surface area contributed by atoms with E-state index < -0.39 is 11.8 Å². The summed E-state index contributed by atoms with van der Waals surface area (Å²) < 4.78 is 19.8. The Morgan fingerprint density at radius 2 is 2.08 bits per heavy atom. The zero-order valence-corrected chi connectivity index (χ0v) is 13.7. The first kappa shape index (κ1) is 16.7. The lowest BCUT2D eigenvalue weighted by atomic mass is 10.0. The van der Waals surface area contributed by atoms with Crippen molar-refractivity contribution in [1.29, 1.82) is 0 Å². The lowest BCUT2D eigenvalue weighted by molar-refractivity contribution is 0.0692. The van der Waals surface area contributed by atoms with Crippen molar-refractivity contribution in [3.63, 3.8) is 0 Å². The van der Waals surface area contributed by atoms with Crippen molar-refractivity contribution in [2.24, 2.45) is 0 Å². The second-order valence-corrected chi connectivity index (χ2v) is 6.04. The highest BCUT2D eigenvalue weighted by atomic mass is 35.5. The monoisotopic (exact) mass is 349 g/mol. The molecule has 1 aliphatic heterocycles. The van der Waals surface area contributed by atoms with Gasteiger partial charge in [-0.1, -0.05) is 29.8 Å². The van der Waals surface area contributed by atoms with E-state index in [1.807, 2.05) is 29.2 Å². The number of ether oxygens (including phenoxy) is 1. The van der Waals surface area contributed by atoms with Crippen LogP contribution in [0.3, 0.4) is 0 Å². The molecule has 2 aromatic carbocycles. The number of anilines is 1. The van der Waals surface area contributed by atoms with Gasteiger partial charge in [0.25, 0.3) is 0 Å². The fraction of sp³-hybridized carbons (Fsp3) is 0.278. The van der Waals surface area contributed by atoms with Gasteiger partial charge in [-0.15, -0.1) is 0 Å². The summed E-state index contributed by atoms with van der Waals surface area (Å²) in [5.41, 5.74) is 1.19. The second-order valence-electron chi connectivity index (χ2n) is 5.63. The van der Waals surface area contributed by atoms with E-state index in [1.54, 1.807) is 6.07 Å². The third-order valence-electron chi connectivity index (χ3n) is 4.12. The summed E-state index contributed by atoms with van der Waals surface area (Å²) in [6.07, 6.45) is 0.795. The number of carbonyl (C=O) groups is 1. The molecule has 1 unspecified atom stereocenters. The van der Waals surface area contributed by atoms with Crippen molar-refractivity contribution in [1.82, 2.24) is 0 Å². The van der Waals surface area contributed by atoms with Gasteiger partial charge in [0, 0.05) is 23.9 Å². The zero-order chi connectivity index (χ0) is 17.1. The number of rotatable bonds is 3. The predicted molar refractivity (Wildman–Crippen MR) is 90.3 cm³/mol. The molecule has 1 saturated heterocycles. The highest BCUT2D eigenvalue weighted by Gasteiger charge is 2.26. The first-order valence-corrected chi connectivity index (χ1v) is 8.07. The van der Waals surface area contributed by atoms with Crippen molar-refractivity contribution < 1.29 is 19.0 Å². The molecule has 3 rings (SSSR count). The van der Waals surface area contributed by atoms with Crippen LogP contribution in [0, 0.1) is 5.82 Å². The SMILES string of the molecule is O=C(O)c1ccc(N2CCCOCC2c2ccccc2Cl)cc1F. The zero-order valence-electron chi connectivity index (χ0n) is 12.9. The van der Waals surface area contributed by atoms with E-state index in [9.17, 15) is 9.18 Å². The third kappa shape index (κ3) is 3.37. The van der Waals surface area contributed by atoms with Crippen molar-refractivity contribution >= 4 is 23.3 Å². The van der Waals surface area contributed by atoms with E-state index in [1.165, 1.54) is 12.1 Å². The number of nitrogens with zero attached hydrogens (tertiary/aromatic N) is 1. The highest BCUT2D eigenvalue weighted by molar-refractivity contribution is 6.31. The Labute approximate surface area is 144 Å². The summed E-state index contributed by atoms with van der Waals surface area (Å²) in [6.45, 7) is 1.72. The van der Waals surface area contributed by atoms with Crippen LogP contribution in [0.2, 0.25) is 5.02 Å². The van der Waals surface area contributed by atoms with Crippen LogP contribution in [-0.2, 0) is 4.74 Å². The van der Waals surface area contributed by atoms with Crippen LogP contribution in [-0.4, -0.2) is 30.8 Å². The van der Waals surface area contributed by atoms with Gasteiger partial charge in [0.2, 0.25) is 0 Å². The number of benzene rings is 2. The summed E-state index contributed by atoms with van der Waals surface area (Å²) in [5, 5.41) is 9.61. The molecular weight excluding hydrogens is 333 g/mol. The Hall–Kier alpha value is -2.11. The van der Waals surface area contributed by atoms with Crippen molar-refractivity contribution in [2.45, 2.75) is 12.5 Å². The Bertz CT molecular complexity index is 753. The van der Waals surface area contributed by atoms with Crippen LogP contribution < -0.4 is 4.90 Å². The quantitative estimate of drug-likeness (QED) is 0.904. The minimum Gasteiger partial charge on any atom is -0.478 e. The van der Waals surface area contributed by atoms with Crippen molar-refractivity contribution in [2.75, 3.05) is 24.7 Å². The summed E-state index contributed by atoms with van der Waals surface area (Å²) in [4.78, 5) is 13.0. The summed E-state index contributed by atoms with van der Waals surface area (Å²) in [5.74, 6) is -2.02. The molecule has 0 radical (unpaired) electrons. The van der Waals surface area contributed by atoms with Crippen molar-refractivity contribution in [3.05, 3.63) is 64.4 Å². The van der Waals surface area contributed by atoms with Crippen molar-refractivity contribution in [3.8, 4) is 0 Å². The Morgan fingerprint density at radius 3 is 2.79 bits per heavy atom. The first-order chi connectivity index (χ1) is 11.6. The molecule has 0 aromatic heterocycles. The average Bonchev–Trinajstić information content (AvgIpc) is 2.80. The van der Waals surface area contributed by atoms with Gasteiger partial charge < -0.3 is 14.7 Å². The minimum absolute atomic E-state index is 0.156. The maximum Gasteiger partial charge on any atom is 0.338 e. The van der Waals surface area contributed by atoms with Crippen LogP contribution in [0.15, 0.2) is 42.5 Å². The number of carboxylic acid groups (broad SMARTS) is 1. The van der Waals surface area contributed by atoms with Gasteiger partial charge in [0.1, 0.15) is 5.82 Å². The van der Waals surface area contributed by atoms with E-state index >= 15 is 0 Å². The van der Waals surface area contributed by atoms with Gasteiger partial charge in [-0.2, -0.15) is 0 Å². The fourth-order valence-electron chi connectivity index (χ4n) is 2.95. The maximum absolute atomic E-state index is 14.1. The number of halogens is 2. The lowest BCUT2D eigenvalue weighted by Crippen LogP contribution is -2.31. The molecule has 6 heteroatoms. The normalized spacial score (nSPS) is 18.2. The number of aromatic carboxylic acids is 1. The molecule has 24 heavy (non-hydrogen) atoms. The molecular formula is C18H17ClFNO3. The summed E-state index contributed by atoms with van der Waals surface area (Å²) in [7, 11) is 0. The second kappa shape index (κ2) is 7.20. The summed E-state index contributed by atoms with van der Waals surface area (Å²) >= 11 is 6.33. The topological polar surface area (TPSA) is 49.8 Å². The van der Waals surface area contributed by atoms with Gasteiger partial charge in [-0.3, -0.25) is 0 Å². The molecule has 0 bridgehead atoms. The third-order valence-corrected chi connectivity index (χ3v) is 4.46. The molecule has 0 amide bonds. The lowest BCUT2D eigenvalue weighted by Gasteiger charge is -2.32. The van der Waals surface area contributed by atoms with E-state index in [0.717, 1.165) is 12.0 Å². The van der Waals surface area contributed by atoms with Crippen LogP contribution in [0.1, 0.15) is 28.4 Å².